The number of carbonyl (C=O) groups excluding carboxylic acids is 2. The number of nitrogens with one attached hydrogen (secondary N) is 2. The van der Waals surface area contributed by atoms with Gasteiger partial charge in [-0.2, -0.15) is 0 Å². The molecule has 1 heterocycles. The fourth-order valence-electron chi connectivity index (χ4n) is 3.72. The summed E-state index contributed by atoms with van der Waals surface area (Å²) < 4.78 is 0. The molecule has 2 aromatic rings. The summed E-state index contributed by atoms with van der Waals surface area (Å²) in [6.45, 7) is 3.86. The maximum absolute atomic E-state index is 12.9. The van der Waals surface area contributed by atoms with E-state index >= 15 is 0 Å². The lowest BCUT2D eigenvalue weighted by Crippen LogP contribution is -2.33. The van der Waals surface area contributed by atoms with Gasteiger partial charge in [-0.05, 0) is 68.9 Å². The molecule has 2 amide bonds. The van der Waals surface area contributed by atoms with E-state index in [0.717, 1.165) is 50.0 Å². The first-order valence-corrected chi connectivity index (χ1v) is 10.2. The SMILES string of the molecule is Cc1ccccc1C(=O)Nc1ccc(N2CCCCC2)c(C(=O)NC2CC2)c1. The van der Waals surface area contributed by atoms with E-state index < -0.39 is 0 Å². The van der Waals surface area contributed by atoms with Gasteiger partial charge in [-0.15, -0.1) is 0 Å². The minimum atomic E-state index is -0.155. The average molecular weight is 377 g/mol. The number of hydrogen-bond acceptors (Lipinski definition) is 3. The Hall–Kier alpha value is -2.82. The Morgan fingerprint density at radius 2 is 1.68 bits per heavy atom. The van der Waals surface area contributed by atoms with Crippen LogP contribution in [-0.4, -0.2) is 30.9 Å². The standard InChI is InChI=1S/C23H27N3O2/c1-16-7-3-4-8-19(16)22(27)25-18-11-12-21(26-13-5-2-6-14-26)20(15-18)23(28)24-17-9-10-17/h3-4,7-8,11-12,15,17H,2,5-6,9-10,13-14H2,1H3,(H,24,28)(H,25,27). The van der Waals surface area contributed by atoms with Gasteiger partial charge in [-0.1, -0.05) is 18.2 Å². The van der Waals surface area contributed by atoms with Crippen molar-refractivity contribution in [2.24, 2.45) is 0 Å². The molecule has 0 radical (unpaired) electrons. The van der Waals surface area contributed by atoms with Crippen molar-refractivity contribution in [1.29, 1.82) is 0 Å². The summed E-state index contributed by atoms with van der Waals surface area (Å²) in [5.74, 6) is -0.201. The third-order valence-electron chi connectivity index (χ3n) is 5.50. The smallest absolute Gasteiger partial charge is 0.255 e. The molecule has 4 rings (SSSR count). The molecule has 5 heteroatoms. The molecule has 0 aromatic heterocycles. The predicted molar refractivity (Wildman–Crippen MR) is 112 cm³/mol. The Morgan fingerprint density at radius 3 is 2.39 bits per heavy atom. The van der Waals surface area contributed by atoms with Gasteiger partial charge in [0.25, 0.3) is 11.8 Å². The maximum atomic E-state index is 12.9. The fraction of sp³-hybridized carbons (Fsp3) is 0.391. The van der Waals surface area contributed by atoms with Crippen molar-refractivity contribution in [2.75, 3.05) is 23.3 Å². The summed E-state index contributed by atoms with van der Waals surface area (Å²) >= 11 is 0. The molecule has 0 spiro atoms. The number of rotatable bonds is 5. The molecule has 5 nitrogen and oxygen atoms in total. The second-order valence-electron chi connectivity index (χ2n) is 7.80. The van der Waals surface area contributed by atoms with Gasteiger partial charge in [-0.25, -0.2) is 0 Å². The highest BCUT2D eigenvalue weighted by atomic mass is 16.2. The second kappa shape index (κ2) is 8.05. The molecular weight excluding hydrogens is 350 g/mol. The minimum absolute atomic E-state index is 0.0462. The van der Waals surface area contributed by atoms with Crippen molar-refractivity contribution in [3.8, 4) is 0 Å². The summed E-state index contributed by atoms with van der Waals surface area (Å²) in [6, 6.07) is 13.5. The molecule has 1 aliphatic carbocycles. The Balaban J connectivity index is 1.60. The third-order valence-corrected chi connectivity index (χ3v) is 5.50. The van der Waals surface area contributed by atoms with Crippen molar-refractivity contribution < 1.29 is 9.59 Å². The molecule has 28 heavy (non-hydrogen) atoms. The zero-order valence-electron chi connectivity index (χ0n) is 16.3. The highest BCUT2D eigenvalue weighted by Crippen LogP contribution is 2.29. The van der Waals surface area contributed by atoms with Gasteiger partial charge in [0.1, 0.15) is 0 Å². The van der Waals surface area contributed by atoms with Crippen molar-refractivity contribution in [1.82, 2.24) is 5.32 Å². The van der Waals surface area contributed by atoms with Crippen LogP contribution in [0, 0.1) is 6.92 Å². The Morgan fingerprint density at radius 1 is 0.929 bits per heavy atom. The van der Waals surface area contributed by atoms with Crippen LogP contribution >= 0.6 is 0 Å². The molecular formula is C23H27N3O2. The van der Waals surface area contributed by atoms with E-state index in [2.05, 4.69) is 15.5 Å². The summed E-state index contributed by atoms with van der Waals surface area (Å²) in [6.07, 6.45) is 5.64. The Kier molecular flexibility index (Phi) is 5.33. The van der Waals surface area contributed by atoms with E-state index in [4.69, 9.17) is 0 Å². The molecule has 1 saturated carbocycles. The number of benzene rings is 2. The van der Waals surface area contributed by atoms with E-state index in [0.29, 0.717) is 22.9 Å². The second-order valence-corrected chi connectivity index (χ2v) is 7.80. The predicted octanol–water partition coefficient (Wildman–Crippen LogP) is 4.13. The van der Waals surface area contributed by atoms with Crippen LogP contribution in [0.1, 0.15) is 58.4 Å². The molecule has 0 bridgehead atoms. The first kappa shape index (κ1) is 18.5. The van der Waals surface area contributed by atoms with Crippen LogP contribution in [0.5, 0.6) is 0 Å². The Bertz CT molecular complexity index is 883. The third kappa shape index (κ3) is 4.19. The normalized spacial score (nSPS) is 16.5. The van der Waals surface area contributed by atoms with Crippen LogP contribution in [0.3, 0.4) is 0 Å². The van der Waals surface area contributed by atoms with Crippen molar-refractivity contribution >= 4 is 23.2 Å². The molecule has 0 atom stereocenters. The molecule has 1 saturated heterocycles. The first-order chi connectivity index (χ1) is 13.6. The van der Waals surface area contributed by atoms with Crippen LogP contribution in [0.25, 0.3) is 0 Å². The van der Waals surface area contributed by atoms with Crippen LogP contribution in [0.15, 0.2) is 42.5 Å². The Labute approximate surface area is 166 Å². The topological polar surface area (TPSA) is 61.4 Å². The van der Waals surface area contributed by atoms with Gasteiger partial charge in [0.15, 0.2) is 0 Å². The number of carbonyl (C=O) groups is 2. The van der Waals surface area contributed by atoms with E-state index in [1.54, 1.807) is 0 Å². The average Bonchev–Trinajstić information content (AvgIpc) is 3.53. The van der Waals surface area contributed by atoms with Gasteiger partial charge in [0.2, 0.25) is 0 Å². The number of anilines is 2. The zero-order valence-corrected chi connectivity index (χ0v) is 16.3. The first-order valence-electron chi connectivity index (χ1n) is 10.2. The molecule has 2 aromatic carbocycles. The summed E-state index contributed by atoms with van der Waals surface area (Å²) in [5, 5.41) is 6.05. The number of piperidine rings is 1. The molecule has 2 aliphatic rings. The van der Waals surface area contributed by atoms with Gasteiger partial charge in [0, 0.05) is 36.1 Å². The van der Waals surface area contributed by atoms with Gasteiger partial charge in [-0.3, -0.25) is 9.59 Å². The fourth-order valence-corrected chi connectivity index (χ4v) is 3.72. The van der Waals surface area contributed by atoms with Gasteiger partial charge < -0.3 is 15.5 Å². The highest BCUT2D eigenvalue weighted by Gasteiger charge is 2.26. The quantitative estimate of drug-likeness (QED) is 0.824. The molecule has 2 fully saturated rings. The molecule has 1 aliphatic heterocycles. The zero-order chi connectivity index (χ0) is 19.5. The number of aryl methyl sites for hydroxylation is 1. The van der Waals surface area contributed by atoms with Crippen molar-refractivity contribution in [3.05, 3.63) is 59.2 Å². The van der Waals surface area contributed by atoms with Crippen LogP contribution in [-0.2, 0) is 0 Å². The van der Waals surface area contributed by atoms with E-state index in [1.165, 1.54) is 6.42 Å². The number of hydrogen-bond donors (Lipinski definition) is 2. The summed E-state index contributed by atoms with van der Waals surface area (Å²) in [4.78, 5) is 27.8. The minimum Gasteiger partial charge on any atom is -0.371 e. The monoisotopic (exact) mass is 377 g/mol. The largest absolute Gasteiger partial charge is 0.371 e. The summed E-state index contributed by atoms with van der Waals surface area (Å²) in [7, 11) is 0. The number of amides is 2. The molecule has 2 N–H and O–H groups in total. The molecule has 146 valence electrons. The highest BCUT2D eigenvalue weighted by molar-refractivity contribution is 6.07. The van der Waals surface area contributed by atoms with Crippen molar-refractivity contribution in [2.45, 2.75) is 45.1 Å². The van der Waals surface area contributed by atoms with E-state index in [-0.39, 0.29) is 11.8 Å². The summed E-state index contributed by atoms with van der Waals surface area (Å²) in [5.41, 5.74) is 3.83. The van der Waals surface area contributed by atoms with Crippen molar-refractivity contribution in [3.63, 3.8) is 0 Å². The number of nitrogens with zero attached hydrogens (tertiary/aromatic N) is 1. The van der Waals surface area contributed by atoms with Gasteiger partial charge in [0.05, 0.1) is 5.56 Å². The molecule has 0 unspecified atom stereocenters. The lowest BCUT2D eigenvalue weighted by atomic mass is 10.0. The lowest BCUT2D eigenvalue weighted by Gasteiger charge is -2.30. The van der Waals surface area contributed by atoms with Crippen LogP contribution in [0.4, 0.5) is 11.4 Å². The van der Waals surface area contributed by atoms with E-state index in [9.17, 15) is 9.59 Å². The lowest BCUT2D eigenvalue weighted by molar-refractivity contribution is 0.0950. The van der Waals surface area contributed by atoms with Gasteiger partial charge >= 0.3 is 0 Å². The van der Waals surface area contributed by atoms with Crippen LogP contribution in [0.2, 0.25) is 0 Å². The maximum Gasteiger partial charge on any atom is 0.255 e. The van der Waals surface area contributed by atoms with Crippen LogP contribution < -0.4 is 15.5 Å². The van der Waals surface area contributed by atoms with E-state index in [1.807, 2.05) is 49.4 Å².